The van der Waals surface area contributed by atoms with E-state index >= 15 is 0 Å². The first-order chi connectivity index (χ1) is 11.0. The van der Waals surface area contributed by atoms with E-state index in [1.807, 2.05) is 0 Å². The Morgan fingerprint density at radius 1 is 1.35 bits per heavy atom. The van der Waals surface area contributed by atoms with Gasteiger partial charge in [0.25, 0.3) is 5.91 Å². The van der Waals surface area contributed by atoms with Crippen molar-refractivity contribution in [2.45, 2.75) is 25.8 Å². The van der Waals surface area contributed by atoms with Crippen LogP contribution in [0.25, 0.3) is 0 Å². The molecule has 0 radical (unpaired) electrons. The molecule has 1 amide bonds. The molecule has 0 fully saturated rings. The molecule has 2 aromatic rings. The summed E-state index contributed by atoms with van der Waals surface area (Å²) >= 11 is 0. The summed E-state index contributed by atoms with van der Waals surface area (Å²) in [5.74, 6) is -0.229. The lowest BCUT2D eigenvalue weighted by atomic mass is 10.0. The van der Waals surface area contributed by atoms with E-state index < -0.39 is 0 Å². The van der Waals surface area contributed by atoms with Crippen molar-refractivity contribution in [2.24, 2.45) is 0 Å². The largest absolute Gasteiger partial charge is 0.493 e. The van der Waals surface area contributed by atoms with Crippen molar-refractivity contribution in [1.29, 1.82) is 0 Å². The number of hydrogen-bond acceptors (Lipinski definition) is 3. The molecular weight excluding hydrogens is 299 g/mol. The van der Waals surface area contributed by atoms with Gasteiger partial charge < -0.3 is 15.0 Å². The number of ketones is 1. The van der Waals surface area contributed by atoms with Crippen molar-refractivity contribution in [1.82, 2.24) is 10.3 Å². The summed E-state index contributed by atoms with van der Waals surface area (Å²) in [5, 5.41) is 2.88. The number of benzene rings is 1. The van der Waals surface area contributed by atoms with E-state index in [1.165, 1.54) is 31.3 Å². The first-order valence-corrected chi connectivity index (χ1v) is 7.47. The standard InChI is InChI=1S/C17H17FN2O3/c1-10(21)11-7-15(19-9-11)17(22)20-14-3-2-6-23-16-5-4-12(18)8-13(14)16/h4-5,7-9,14,19H,2-3,6H2,1H3,(H,20,22)/t14-/m0/s1. The van der Waals surface area contributed by atoms with Gasteiger partial charge in [-0.25, -0.2) is 4.39 Å². The molecule has 0 unspecified atom stereocenters. The number of aromatic nitrogens is 1. The highest BCUT2D eigenvalue weighted by atomic mass is 19.1. The Morgan fingerprint density at radius 3 is 2.91 bits per heavy atom. The molecule has 2 heterocycles. The first kappa shape index (κ1) is 15.3. The van der Waals surface area contributed by atoms with E-state index in [0.717, 1.165) is 6.42 Å². The zero-order chi connectivity index (χ0) is 16.4. The van der Waals surface area contributed by atoms with Gasteiger partial charge in [0, 0.05) is 17.3 Å². The van der Waals surface area contributed by atoms with Crippen molar-refractivity contribution in [3.8, 4) is 5.75 Å². The Labute approximate surface area is 132 Å². The van der Waals surface area contributed by atoms with Gasteiger partial charge in [0.1, 0.15) is 17.3 Å². The topological polar surface area (TPSA) is 71.2 Å². The molecule has 0 aliphatic carbocycles. The van der Waals surface area contributed by atoms with Crippen molar-refractivity contribution >= 4 is 11.7 Å². The highest BCUT2D eigenvalue weighted by molar-refractivity contribution is 5.99. The summed E-state index contributed by atoms with van der Waals surface area (Å²) in [6.07, 6.45) is 2.91. The third-order valence-corrected chi connectivity index (χ3v) is 3.88. The van der Waals surface area contributed by atoms with E-state index in [-0.39, 0.29) is 23.5 Å². The van der Waals surface area contributed by atoms with E-state index in [1.54, 1.807) is 6.07 Å². The lowest BCUT2D eigenvalue weighted by Crippen LogP contribution is -2.28. The summed E-state index contributed by atoms with van der Waals surface area (Å²) in [7, 11) is 0. The molecule has 0 spiro atoms. The van der Waals surface area contributed by atoms with Crippen LogP contribution in [0.1, 0.15) is 52.2 Å². The number of rotatable bonds is 3. The Balaban J connectivity index is 1.83. The second-order valence-electron chi connectivity index (χ2n) is 5.56. The van der Waals surface area contributed by atoms with E-state index in [9.17, 15) is 14.0 Å². The summed E-state index contributed by atoms with van der Waals surface area (Å²) < 4.78 is 19.1. The van der Waals surface area contributed by atoms with Crippen LogP contribution in [0.4, 0.5) is 4.39 Å². The number of aromatic amines is 1. The summed E-state index contributed by atoms with van der Waals surface area (Å²) in [5.41, 5.74) is 1.39. The monoisotopic (exact) mass is 316 g/mol. The number of Topliss-reactive ketones (excluding diaryl/α,β-unsaturated/α-hetero) is 1. The number of fused-ring (bicyclic) bond motifs is 1. The van der Waals surface area contributed by atoms with Gasteiger partial charge in [-0.15, -0.1) is 0 Å². The molecule has 0 bridgehead atoms. The lowest BCUT2D eigenvalue weighted by Gasteiger charge is -2.18. The molecule has 1 aliphatic rings. The molecule has 3 rings (SSSR count). The van der Waals surface area contributed by atoms with Crippen LogP contribution in [0.3, 0.4) is 0 Å². The average Bonchev–Trinajstić information content (AvgIpc) is 2.94. The normalized spacial score (nSPS) is 16.9. The summed E-state index contributed by atoms with van der Waals surface area (Å²) in [6.45, 7) is 1.97. The molecule has 2 N–H and O–H groups in total. The van der Waals surface area contributed by atoms with Crippen LogP contribution in [0.5, 0.6) is 5.75 Å². The second-order valence-corrected chi connectivity index (χ2v) is 5.56. The number of nitrogens with one attached hydrogen (secondary N) is 2. The lowest BCUT2D eigenvalue weighted by molar-refractivity contribution is 0.0930. The number of amides is 1. The fourth-order valence-electron chi connectivity index (χ4n) is 2.66. The number of ether oxygens (including phenoxy) is 1. The van der Waals surface area contributed by atoms with Crippen molar-refractivity contribution in [3.63, 3.8) is 0 Å². The molecule has 5 nitrogen and oxygen atoms in total. The summed E-state index contributed by atoms with van der Waals surface area (Å²) in [4.78, 5) is 26.5. The Hall–Kier alpha value is -2.63. The molecule has 23 heavy (non-hydrogen) atoms. The van der Waals surface area contributed by atoms with Gasteiger partial charge in [-0.3, -0.25) is 9.59 Å². The number of H-pyrrole nitrogens is 1. The predicted octanol–water partition coefficient (Wildman–Crippen LogP) is 3.00. The van der Waals surface area contributed by atoms with Gasteiger partial charge >= 0.3 is 0 Å². The third-order valence-electron chi connectivity index (χ3n) is 3.88. The Morgan fingerprint density at radius 2 is 2.17 bits per heavy atom. The maximum atomic E-state index is 13.5. The molecule has 1 aromatic heterocycles. The van der Waals surface area contributed by atoms with Gasteiger partial charge in [0.2, 0.25) is 0 Å². The summed E-state index contributed by atoms with van der Waals surface area (Å²) in [6, 6.07) is 5.49. The van der Waals surface area contributed by atoms with E-state index in [4.69, 9.17) is 4.74 Å². The predicted molar refractivity (Wildman–Crippen MR) is 82.1 cm³/mol. The zero-order valence-electron chi connectivity index (χ0n) is 12.7. The molecule has 0 saturated heterocycles. The number of halogens is 1. The zero-order valence-corrected chi connectivity index (χ0v) is 12.7. The Bertz CT molecular complexity index is 754. The van der Waals surface area contributed by atoms with Gasteiger partial charge in [-0.2, -0.15) is 0 Å². The van der Waals surface area contributed by atoms with Crippen LogP contribution in [-0.2, 0) is 0 Å². The van der Waals surface area contributed by atoms with Gasteiger partial charge in [-0.05, 0) is 44.0 Å². The Kier molecular flexibility index (Phi) is 4.14. The molecule has 1 atom stereocenters. The maximum Gasteiger partial charge on any atom is 0.268 e. The molecule has 120 valence electrons. The van der Waals surface area contributed by atoms with E-state index in [2.05, 4.69) is 10.3 Å². The van der Waals surface area contributed by atoms with Crippen LogP contribution in [-0.4, -0.2) is 23.3 Å². The first-order valence-electron chi connectivity index (χ1n) is 7.47. The van der Waals surface area contributed by atoms with Crippen LogP contribution >= 0.6 is 0 Å². The van der Waals surface area contributed by atoms with Gasteiger partial charge in [-0.1, -0.05) is 0 Å². The minimum Gasteiger partial charge on any atom is -0.493 e. The highest BCUT2D eigenvalue weighted by Crippen LogP contribution is 2.32. The molecule has 6 heteroatoms. The van der Waals surface area contributed by atoms with Crippen LogP contribution in [0, 0.1) is 5.82 Å². The highest BCUT2D eigenvalue weighted by Gasteiger charge is 2.23. The van der Waals surface area contributed by atoms with E-state index in [0.29, 0.717) is 35.6 Å². The van der Waals surface area contributed by atoms with Crippen molar-refractivity contribution < 1.29 is 18.7 Å². The fourth-order valence-corrected chi connectivity index (χ4v) is 2.66. The SMILES string of the molecule is CC(=O)c1c[nH]c(C(=O)N[C@H]2CCCOc3ccc(F)cc32)c1. The molecular formula is C17H17FN2O3. The van der Waals surface area contributed by atoms with Crippen LogP contribution < -0.4 is 10.1 Å². The quantitative estimate of drug-likeness (QED) is 0.855. The molecule has 1 aromatic carbocycles. The second kappa shape index (κ2) is 6.24. The fraction of sp³-hybridized carbons (Fsp3) is 0.294. The van der Waals surface area contributed by atoms with Crippen molar-refractivity contribution in [3.05, 3.63) is 53.1 Å². The number of carbonyl (C=O) groups is 2. The number of hydrogen-bond donors (Lipinski definition) is 2. The smallest absolute Gasteiger partial charge is 0.268 e. The minimum absolute atomic E-state index is 0.115. The third kappa shape index (κ3) is 3.26. The van der Waals surface area contributed by atoms with Crippen LogP contribution in [0.2, 0.25) is 0 Å². The van der Waals surface area contributed by atoms with Crippen LogP contribution in [0.15, 0.2) is 30.5 Å². The molecule has 0 saturated carbocycles. The molecule has 1 aliphatic heterocycles. The maximum absolute atomic E-state index is 13.5. The minimum atomic E-state index is -0.368. The van der Waals surface area contributed by atoms with Crippen molar-refractivity contribution in [2.75, 3.05) is 6.61 Å². The van der Waals surface area contributed by atoms with Gasteiger partial charge in [0.05, 0.1) is 12.6 Å². The van der Waals surface area contributed by atoms with Gasteiger partial charge in [0.15, 0.2) is 5.78 Å². The average molecular weight is 316 g/mol. The number of carbonyl (C=O) groups excluding carboxylic acids is 2.